The molecule has 0 unspecified atom stereocenters. The predicted molar refractivity (Wildman–Crippen MR) is 84.2 cm³/mol. The summed E-state index contributed by atoms with van der Waals surface area (Å²) in [6.07, 6.45) is 3.10. The number of H-pyrrole nitrogens is 1. The third-order valence-electron chi connectivity index (χ3n) is 4.17. The summed E-state index contributed by atoms with van der Waals surface area (Å²) in [5.41, 5.74) is 6.61. The fourth-order valence-corrected chi connectivity index (χ4v) is 2.90. The number of hydrogen-bond donors (Lipinski definition) is 3. The highest BCUT2D eigenvalue weighted by Crippen LogP contribution is 2.27. The van der Waals surface area contributed by atoms with Gasteiger partial charge in [-0.2, -0.15) is 5.10 Å². The number of halogens is 1. The summed E-state index contributed by atoms with van der Waals surface area (Å²) < 4.78 is 10.9. The zero-order valence-corrected chi connectivity index (χ0v) is 13.2. The number of ether oxygens (including phenoxy) is 2. The third-order valence-corrected chi connectivity index (χ3v) is 4.17. The fourth-order valence-electron chi connectivity index (χ4n) is 2.90. The van der Waals surface area contributed by atoms with E-state index in [1.165, 1.54) is 0 Å². The first-order valence-electron chi connectivity index (χ1n) is 7.55. The van der Waals surface area contributed by atoms with Crippen LogP contribution in [0.1, 0.15) is 37.3 Å². The Labute approximate surface area is 135 Å². The Morgan fingerprint density at radius 2 is 2.14 bits per heavy atom. The van der Waals surface area contributed by atoms with Crippen LogP contribution in [0.4, 0.5) is 5.82 Å². The number of nitrogens with one attached hydrogen (secondary N) is 2. The monoisotopic (exact) mass is 330 g/mol. The van der Waals surface area contributed by atoms with Gasteiger partial charge in [0.15, 0.2) is 5.82 Å². The molecular formula is C14H23ClN4O3. The Balaban J connectivity index is 0.00000176. The molecule has 124 valence electrons. The van der Waals surface area contributed by atoms with Gasteiger partial charge >= 0.3 is 0 Å². The lowest BCUT2D eigenvalue weighted by Crippen LogP contribution is -2.29. The number of carbonyl (C=O) groups excluding carboxylic acids is 1. The molecule has 3 heterocycles. The number of rotatable bonds is 4. The van der Waals surface area contributed by atoms with Gasteiger partial charge < -0.3 is 20.5 Å². The van der Waals surface area contributed by atoms with E-state index in [9.17, 15) is 4.79 Å². The fraction of sp³-hybridized carbons (Fsp3) is 0.714. The molecule has 7 nitrogen and oxygen atoms in total. The lowest BCUT2D eigenvalue weighted by atomic mass is 9.97. The first-order chi connectivity index (χ1) is 10.3. The number of aromatic amines is 1. The predicted octanol–water partition coefficient (Wildman–Crippen LogP) is 1.17. The smallest absolute Gasteiger partial charge is 0.254 e. The van der Waals surface area contributed by atoms with Crippen LogP contribution in [0.3, 0.4) is 0 Å². The van der Waals surface area contributed by atoms with Gasteiger partial charge in [0.2, 0.25) is 0 Å². The van der Waals surface area contributed by atoms with Crippen molar-refractivity contribution in [3.05, 3.63) is 11.8 Å². The van der Waals surface area contributed by atoms with Crippen molar-refractivity contribution in [2.75, 3.05) is 25.1 Å². The van der Waals surface area contributed by atoms with E-state index >= 15 is 0 Å². The summed E-state index contributed by atoms with van der Waals surface area (Å²) in [5.74, 6) is 0.846. The molecule has 2 aliphatic rings. The molecule has 1 amide bonds. The molecule has 0 bridgehead atoms. The molecule has 0 aromatic carbocycles. The van der Waals surface area contributed by atoms with Crippen molar-refractivity contribution < 1.29 is 14.3 Å². The van der Waals surface area contributed by atoms with Crippen molar-refractivity contribution >= 4 is 24.1 Å². The maximum absolute atomic E-state index is 12.1. The van der Waals surface area contributed by atoms with Crippen LogP contribution in [0.5, 0.6) is 0 Å². The SMILES string of the molecule is Cl.NC[C@H]1CC[C@@H](C(=O)Nc2cc(C3CCOCC3)[nH]n2)O1. The Kier molecular flexibility index (Phi) is 6.19. The quantitative estimate of drug-likeness (QED) is 0.769. The van der Waals surface area contributed by atoms with Crippen molar-refractivity contribution in [3.8, 4) is 0 Å². The number of nitrogens with zero attached hydrogens (tertiary/aromatic N) is 1. The van der Waals surface area contributed by atoms with Gasteiger partial charge in [-0.3, -0.25) is 9.89 Å². The molecule has 0 saturated carbocycles. The highest BCUT2D eigenvalue weighted by Gasteiger charge is 2.30. The number of nitrogens with two attached hydrogens (primary N) is 1. The highest BCUT2D eigenvalue weighted by molar-refractivity contribution is 5.93. The average Bonchev–Trinajstić information content (AvgIpc) is 3.17. The summed E-state index contributed by atoms with van der Waals surface area (Å²) in [7, 11) is 0. The molecule has 3 rings (SSSR count). The number of amides is 1. The Morgan fingerprint density at radius 1 is 1.36 bits per heavy atom. The number of anilines is 1. The van der Waals surface area contributed by atoms with E-state index in [0.717, 1.165) is 38.2 Å². The summed E-state index contributed by atoms with van der Waals surface area (Å²) in [6, 6.07) is 1.91. The molecule has 8 heteroatoms. The molecule has 22 heavy (non-hydrogen) atoms. The molecule has 4 N–H and O–H groups in total. The lowest BCUT2D eigenvalue weighted by molar-refractivity contribution is -0.126. The van der Waals surface area contributed by atoms with Crippen LogP contribution in [-0.2, 0) is 14.3 Å². The molecule has 2 fully saturated rings. The van der Waals surface area contributed by atoms with Crippen molar-refractivity contribution in [2.45, 2.75) is 43.8 Å². The summed E-state index contributed by atoms with van der Waals surface area (Å²) in [6.45, 7) is 2.02. The van der Waals surface area contributed by atoms with Gasteiger partial charge in [0.25, 0.3) is 5.91 Å². The minimum absolute atomic E-state index is 0. The van der Waals surface area contributed by atoms with Crippen LogP contribution in [0.25, 0.3) is 0 Å². The standard InChI is InChI=1S/C14H22N4O3.ClH/c15-8-10-1-2-12(21-10)14(19)16-13-7-11(17-18-13)9-3-5-20-6-4-9;/h7,9-10,12H,1-6,8,15H2,(H2,16,17,18,19);1H/t10-,12+;/m1./s1. The first kappa shape index (κ1) is 17.2. The molecule has 1 aromatic heterocycles. The summed E-state index contributed by atoms with van der Waals surface area (Å²) >= 11 is 0. The third kappa shape index (κ3) is 3.98. The topological polar surface area (TPSA) is 102 Å². The van der Waals surface area contributed by atoms with E-state index in [2.05, 4.69) is 15.5 Å². The maximum Gasteiger partial charge on any atom is 0.254 e. The van der Waals surface area contributed by atoms with E-state index in [-0.39, 0.29) is 24.4 Å². The van der Waals surface area contributed by atoms with Crippen molar-refractivity contribution in [1.82, 2.24) is 10.2 Å². The Bertz CT molecular complexity index is 490. The minimum Gasteiger partial charge on any atom is -0.381 e. The van der Waals surface area contributed by atoms with Crippen LogP contribution >= 0.6 is 12.4 Å². The van der Waals surface area contributed by atoms with Gasteiger partial charge in [-0.1, -0.05) is 0 Å². The van der Waals surface area contributed by atoms with E-state index < -0.39 is 6.10 Å². The van der Waals surface area contributed by atoms with Crippen LogP contribution in [0.2, 0.25) is 0 Å². The van der Waals surface area contributed by atoms with Gasteiger partial charge in [0, 0.05) is 37.4 Å². The highest BCUT2D eigenvalue weighted by atomic mass is 35.5. The molecule has 2 aliphatic heterocycles. The Morgan fingerprint density at radius 3 is 2.82 bits per heavy atom. The van der Waals surface area contributed by atoms with Crippen molar-refractivity contribution in [1.29, 1.82) is 0 Å². The van der Waals surface area contributed by atoms with E-state index in [1.54, 1.807) is 0 Å². The molecular weight excluding hydrogens is 308 g/mol. The number of aromatic nitrogens is 2. The second kappa shape index (κ2) is 7.92. The van der Waals surface area contributed by atoms with Gasteiger partial charge in [0.05, 0.1) is 6.10 Å². The van der Waals surface area contributed by atoms with Crippen LogP contribution in [0.15, 0.2) is 6.07 Å². The van der Waals surface area contributed by atoms with Crippen LogP contribution in [-0.4, -0.2) is 48.1 Å². The van der Waals surface area contributed by atoms with Gasteiger partial charge in [-0.25, -0.2) is 0 Å². The number of hydrogen-bond acceptors (Lipinski definition) is 5. The molecule has 0 spiro atoms. The first-order valence-corrected chi connectivity index (χ1v) is 7.55. The maximum atomic E-state index is 12.1. The van der Waals surface area contributed by atoms with Gasteiger partial charge in [-0.05, 0) is 25.7 Å². The zero-order valence-electron chi connectivity index (χ0n) is 12.4. The second-order valence-corrected chi connectivity index (χ2v) is 5.64. The normalized spacial score (nSPS) is 25.7. The van der Waals surface area contributed by atoms with Crippen LogP contribution in [0, 0.1) is 0 Å². The van der Waals surface area contributed by atoms with Crippen LogP contribution < -0.4 is 11.1 Å². The zero-order chi connectivity index (χ0) is 14.7. The largest absolute Gasteiger partial charge is 0.381 e. The summed E-state index contributed by atoms with van der Waals surface area (Å²) in [4.78, 5) is 12.1. The van der Waals surface area contributed by atoms with E-state index in [4.69, 9.17) is 15.2 Å². The van der Waals surface area contributed by atoms with Crippen molar-refractivity contribution in [3.63, 3.8) is 0 Å². The lowest BCUT2D eigenvalue weighted by Gasteiger charge is -2.20. The van der Waals surface area contributed by atoms with Gasteiger partial charge in [-0.15, -0.1) is 12.4 Å². The molecule has 0 aliphatic carbocycles. The van der Waals surface area contributed by atoms with E-state index in [0.29, 0.717) is 24.7 Å². The molecule has 1 aromatic rings. The molecule has 2 saturated heterocycles. The average molecular weight is 331 g/mol. The van der Waals surface area contributed by atoms with E-state index in [1.807, 2.05) is 6.07 Å². The number of carbonyl (C=O) groups is 1. The second-order valence-electron chi connectivity index (χ2n) is 5.64. The minimum atomic E-state index is -0.415. The van der Waals surface area contributed by atoms with Gasteiger partial charge in [0.1, 0.15) is 6.10 Å². The molecule has 0 radical (unpaired) electrons. The Hall–Kier alpha value is -1.15. The van der Waals surface area contributed by atoms with Crippen molar-refractivity contribution in [2.24, 2.45) is 5.73 Å². The molecule has 2 atom stereocenters. The summed E-state index contributed by atoms with van der Waals surface area (Å²) in [5, 5.41) is 9.98.